The Morgan fingerprint density at radius 3 is 1.68 bits per heavy atom. The van der Waals surface area contributed by atoms with Gasteiger partial charge < -0.3 is 19.7 Å². The van der Waals surface area contributed by atoms with Crippen LogP contribution < -0.4 is 0 Å². The molecule has 6 heteroatoms. The van der Waals surface area contributed by atoms with Gasteiger partial charge in [0.1, 0.15) is 19.3 Å². The van der Waals surface area contributed by atoms with E-state index in [2.05, 4.69) is 56.4 Å². The number of hydrogen-bond donors (Lipinski definition) is 2. The molecule has 0 radical (unpaired) electrons. The van der Waals surface area contributed by atoms with Crippen LogP contribution in [0, 0.1) is 5.92 Å². The van der Waals surface area contributed by atoms with E-state index in [1.807, 2.05) is 19.1 Å². The maximum Gasteiger partial charge on any atom is 0.305 e. The van der Waals surface area contributed by atoms with Crippen LogP contribution in [-0.4, -0.2) is 47.6 Å². The molecule has 0 aliphatic heterocycles. The number of aliphatic hydroxyl groups is 2. The standard InChI is InChI=1S/C38H64O6/c1-4-34(3)28-24-20-16-14-15-19-23-27-31-38(42)44-33-36(40)32-43-37(41)30-26-22-18-13-11-9-7-6-8-10-12-17-21-25-29-35(39)5-2/h7-10,13,17-18,21,25,29,34-36,39-40H,4-6,11-12,14-16,19-20,22-24,26-28,30-33H2,1-3H3/b9-7-,10-8-,18-13-,21-17-,29-25+/t34?,35-,36-/m0/s1. The van der Waals surface area contributed by atoms with Crippen molar-refractivity contribution in [2.45, 2.75) is 149 Å². The Labute approximate surface area is 269 Å². The van der Waals surface area contributed by atoms with Gasteiger partial charge in [0.25, 0.3) is 0 Å². The molecule has 44 heavy (non-hydrogen) atoms. The normalized spacial score (nSPS) is 14.4. The van der Waals surface area contributed by atoms with Crippen molar-refractivity contribution in [3.63, 3.8) is 0 Å². The average molecular weight is 617 g/mol. The molecule has 0 aliphatic carbocycles. The number of ether oxygens (including phenoxy) is 2. The Morgan fingerprint density at radius 2 is 1.11 bits per heavy atom. The van der Waals surface area contributed by atoms with Gasteiger partial charge in [-0.15, -0.1) is 0 Å². The van der Waals surface area contributed by atoms with Gasteiger partial charge in [0.15, 0.2) is 0 Å². The number of esters is 2. The second kappa shape index (κ2) is 32.0. The quantitative estimate of drug-likeness (QED) is 0.0377. The molecule has 0 spiro atoms. The van der Waals surface area contributed by atoms with E-state index in [1.54, 1.807) is 6.08 Å². The van der Waals surface area contributed by atoms with Crippen molar-refractivity contribution in [1.29, 1.82) is 0 Å². The topological polar surface area (TPSA) is 93.1 Å². The van der Waals surface area contributed by atoms with Crippen LogP contribution in [0.25, 0.3) is 0 Å². The molecule has 0 heterocycles. The number of allylic oxidation sites excluding steroid dienone is 9. The van der Waals surface area contributed by atoms with Crippen LogP contribution in [0.5, 0.6) is 0 Å². The van der Waals surface area contributed by atoms with Crippen molar-refractivity contribution in [3.05, 3.63) is 60.8 Å². The van der Waals surface area contributed by atoms with E-state index in [0.717, 1.165) is 57.3 Å². The van der Waals surface area contributed by atoms with Gasteiger partial charge in [-0.05, 0) is 50.9 Å². The molecule has 1 unspecified atom stereocenters. The third kappa shape index (κ3) is 31.0. The molecule has 2 N–H and O–H groups in total. The summed E-state index contributed by atoms with van der Waals surface area (Å²) >= 11 is 0. The fraction of sp³-hybridized carbons (Fsp3) is 0.684. The lowest BCUT2D eigenvalue weighted by atomic mass is 9.99. The lowest BCUT2D eigenvalue weighted by molar-refractivity contribution is -0.152. The number of carbonyl (C=O) groups excluding carboxylic acids is 2. The van der Waals surface area contributed by atoms with Crippen molar-refractivity contribution in [2.24, 2.45) is 5.92 Å². The van der Waals surface area contributed by atoms with Gasteiger partial charge >= 0.3 is 11.9 Å². The van der Waals surface area contributed by atoms with Crippen LogP contribution in [-0.2, 0) is 19.1 Å². The molecule has 0 bridgehead atoms. The predicted molar refractivity (Wildman–Crippen MR) is 183 cm³/mol. The van der Waals surface area contributed by atoms with E-state index in [-0.39, 0.29) is 31.3 Å². The number of carbonyl (C=O) groups is 2. The summed E-state index contributed by atoms with van der Waals surface area (Å²) in [7, 11) is 0. The zero-order valence-electron chi connectivity index (χ0n) is 28.2. The monoisotopic (exact) mass is 616 g/mol. The average Bonchev–Trinajstić information content (AvgIpc) is 3.02. The Hall–Kier alpha value is -2.44. The molecule has 6 nitrogen and oxygen atoms in total. The summed E-state index contributed by atoms with van der Waals surface area (Å²) in [6.45, 7) is 6.23. The molecule has 0 rings (SSSR count). The third-order valence-corrected chi connectivity index (χ3v) is 7.47. The largest absolute Gasteiger partial charge is 0.463 e. The highest BCUT2D eigenvalue weighted by Gasteiger charge is 2.12. The Bertz CT molecular complexity index is 825. The van der Waals surface area contributed by atoms with E-state index in [1.165, 1.54) is 44.9 Å². The number of rotatable bonds is 29. The first kappa shape index (κ1) is 41.6. The zero-order valence-corrected chi connectivity index (χ0v) is 28.2. The molecule has 0 fully saturated rings. The summed E-state index contributed by atoms with van der Waals surface area (Å²) in [5.74, 6) is 0.193. The highest BCUT2D eigenvalue weighted by atomic mass is 16.6. The minimum Gasteiger partial charge on any atom is -0.463 e. The van der Waals surface area contributed by atoms with E-state index in [0.29, 0.717) is 19.3 Å². The van der Waals surface area contributed by atoms with Crippen LogP contribution in [0.2, 0.25) is 0 Å². The first-order valence-corrected chi connectivity index (χ1v) is 17.3. The summed E-state index contributed by atoms with van der Waals surface area (Å²) in [6, 6.07) is 0. The lowest BCUT2D eigenvalue weighted by Crippen LogP contribution is -2.25. The SMILES string of the molecule is CCC(C)CCCCCCCCCCC(=O)OC[C@@H](O)COC(=O)CCC/C=C\C/C=C\C/C=C\C/C=C\C=C\[C@@H](O)CC. The molecule has 0 aliphatic rings. The van der Waals surface area contributed by atoms with Crippen LogP contribution in [0.3, 0.4) is 0 Å². The number of unbranched alkanes of at least 4 members (excludes halogenated alkanes) is 8. The number of aliphatic hydroxyl groups excluding tert-OH is 2. The minimum atomic E-state index is -0.996. The van der Waals surface area contributed by atoms with Crippen LogP contribution in [0.4, 0.5) is 0 Å². The van der Waals surface area contributed by atoms with Gasteiger partial charge in [-0.25, -0.2) is 0 Å². The minimum absolute atomic E-state index is 0.144. The second-order valence-corrected chi connectivity index (χ2v) is 11.7. The molecule has 0 amide bonds. The molecular weight excluding hydrogens is 552 g/mol. The van der Waals surface area contributed by atoms with Crippen molar-refractivity contribution in [3.8, 4) is 0 Å². The predicted octanol–water partition coefficient (Wildman–Crippen LogP) is 9.27. The Morgan fingerprint density at radius 1 is 0.614 bits per heavy atom. The van der Waals surface area contributed by atoms with E-state index in [9.17, 15) is 19.8 Å². The third-order valence-electron chi connectivity index (χ3n) is 7.47. The first-order valence-electron chi connectivity index (χ1n) is 17.3. The molecule has 0 aromatic rings. The highest BCUT2D eigenvalue weighted by molar-refractivity contribution is 5.69. The van der Waals surface area contributed by atoms with Crippen molar-refractivity contribution in [2.75, 3.05) is 13.2 Å². The molecule has 252 valence electrons. The van der Waals surface area contributed by atoms with Crippen molar-refractivity contribution >= 4 is 11.9 Å². The molecular formula is C38H64O6. The molecule has 0 saturated heterocycles. The molecule has 0 saturated carbocycles. The van der Waals surface area contributed by atoms with Crippen LogP contribution in [0.1, 0.15) is 136 Å². The summed E-state index contributed by atoms with van der Waals surface area (Å²) in [5, 5.41) is 19.4. The first-order chi connectivity index (χ1) is 21.4. The zero-order chi connectivity index (χ0) is 32.5. The molecule has 0 aromatic carbocycles. The van der Waals surface area contributed by atoms with Gasteiger partial charge in [0, 0.05) is 12.8 Å². The van der Waals surface area contributed by atoms with E-state index >= 15 is 0 Å². The summed E-state index contributed by atoms with van der Waals surface area (Å²) in [5.41, 5.74) is 0. The lowest BCUT2D eigenvalue weighted by Gasteiger charge is -2.12. The maximum atomic E-state index is 11.9. The van der Waals surface area contributed by atoms with Gasteiger partial charge in [-0.2, -0.15) is 0 Å². The second-order valence-electron chi connectivity index (χ2n) is 11.7. The Balaban J connectivity index is 3.63. The summed E-state index contributed by atoms with van der Waals surface area (Å²) < 4.78 is 10.2. The van der Waals surface area contributed by atoms with Gasteiger partial charge in [0.2, 0.25) is 0 Å². The Kier molecular flexibility index (Phi) is 30.2. The molecule has 0 aromatic heterocycles. The van der Waals surface area contributed by atoms with Gasteiger partial charge in [0.05, 0.1) is 6.10 Å². The van der Waals surface area contributed by atoms with E-state index in [4.69, 9.17) is 9.47 Å². The maximum absolute atomic E-state index is 11.9. The fourth-order valence-electron chi connectivity index (χ4n) is 4.28. The van der Waals surface area contributed by atoms with Crippen LogP contribution in [0.15, 0.2) is 60.8 Å². The smallest absolute Gasteiger partial charge is 0.305 e. The summed E-state index contributed by atoms with van der Waals surface area (Å²) in [6.07, 6.45) is 36.5. The van der Waals surface area contributed by atoms with Crippen molar-refractivity contribution in [1.82, 2.24) is 0 Å². The van der Waals surface area contributed by atoms with Gasteiger partial charge in [-0.1, -0.05) is 139 Å². The molecule has 3 atom stereocenters. The van der Waals surface area contributed by atoms with E-state index < -0.39 is 6.10 Å². The van der Waals surface area contributed by atoms with Crippen LogP contribution >= 0.6 is 0 Å². The van der Waals surface area contributed by atoms with Crippen molar-refractivity contribution < 1.29 is 29.3 Å². The fourth-order valence-corrected chi connectivity index (χ4v) is 4.28. The summed E-state index contributed by atoms with van der Waals surface area (Å²) in [4.78, 5) is 23.8. The van der Waals surface area contributed by atoms with Gasteiger partial charge in [-0.3, -0.25) is 9.59 Å². The highest BCUT2D eigenvalue weighted by Crippen LogP contribution is 2.15. The number of hydrogen-bond acceptors (Lipinski definition) is 6.